The molecule has 4 nitrogen and oxygen atoms in total. The van der Waals surface area contributed by atoms with Crippen LogP contribution in [0.3, 0.4) is 0 Å². The maximum Gasteiger partial charge on any atom is 0.344 e. The van der Waals surface area contributed by atoms with E-state index in [-0.39, 0.29) is 18.7 Å². The summed E-state index contributed by atoms with van der Waals surface area (Å²) in [6, 6.07) is 7.30. The van der Waals surface area contributed by atoms with E-state index in [1.54, 1.807) is 19.2 Å². The van der Waals surface area contributed by atoms with Crippen molar-refractivity contribution in [3.05, 3.63) is 24.3 Å². The lowest BCUT2D eigenvalue weighted by Crippen LogP contribution is -2.36. The van der Waals surface area contributed by atoms with Crippen LogP contribution in [0.5, 0.6) is 11.5 Å². The van der Waals surface area contributed by atoms with Crippen molar-refractivity contribution in [3.63, 3.8) is 0 Å². The minimum atomic E-state index is -0.305. The summed E-state index contributed by atoms with van der Waals surface area (Å²) in [5.41, 5.74) is 0. The molecule has 4 heteroatoms. The van der Waals surface area contributed by atoms with Crippen molar-refractivity contribution in [2.24, 2.45) is 17.8 Å². The zero-order chi connectivity index (χ0) is 16.8. The molecule has 0 unspecified atom stereocenters. The fourth-order valence-corrected chi connectivity index (χ4v) is 3.33. The van der Waals surface area contributed by atoms with Gasteiger partial charge in [0.2, 0.25) is 0 Å². The average Bonchev–Trinajstić information content (AvgIpc) is 2.53. The maximum absolute atomic E-state index is 12.2. The van der Waals surface area contributed by atoms with Crippen molar-refractivity contribution >= 4 is 5.97 Å². The zero-order valence-electron chi connectivity index (χ0n) is 14.6. The average molecular weight is 320 g/mol. The Bertz CT molecular complexity index is 512. The molecule has 1 aliphatic carbocycles. The quantitative estimate of drug-likeness (QED) is 0.741. The van der Waals surface area contributed by atoms with Gasteiger partial charge in [-0.15, -0.1) is 0 Å². The van der Waals surface area contributed by atoms with Gasteiger partial charge in [0.15, 0.2) is 18.1 Å². The molecule has 0 heterocycles. The summed E-state index contributed by atoms with van der Waals surface area (Å²) in [7, 11) is 1.58. The second kappa shape index (κ2) is 8.23. The van der Waals surface area contributed by atoms with Crippen LogP contribution in [0.1, 0.15) is 40.0 Å². The van der Waals surface area contributed by atoms with Gasteiger partial charge in [-0.25, -0.2) is 4.79 Å². The molecule has 3 atom stereocenters. The molecule has 0 saturated heterocycles. The SMILES string of the molecule is COc1ccccc1OCC(=O)O[C@@H]1C[C@H](C)CC[C@H]1C(C)C. The number of carbonyl (C=O) groups excluding carboxylic acids is 1. The molecule has 0 N–H and O–H groups in total. The molecule has 0 radical (unpaired) electrons. The second-order valence-corrected chi connectivity index (χ2v) is 6.79. The number of ether oxygens (including phenoxy) is 3. The van der Waals surface area contributed by atoms with Crippen molar-refractivity contribution in [2.75, 3.05) is 13.7 Å². The summed E-state index contributed by atoms with van der Waals surface area (Å²) < 4.78 is 16.5. The molecule has 23 heavy (non-hydrogen) atoms. The van der Waals surface area contributed by atoms with E-state index in [0.717, 1.165) is 12.8 Å². The van der Waals surface area contributed by atoms with Gasteiger partial charge in [0.25, 0.3) is 0 Å². The first-order valence-corrected chi connectivity index (χ1v) is 8.46. The molecule has 1 aromatic carbocycles. The summed E-state index contributed by atoms with van der Waals surface area (Å²) in [5.74, 6) is 2.45. The Morgan fingerprint density at radius 2 is 1.91 bits per heavy atom. The van der Waals surface area contributed by atoms with Crippen molar-refractivity contribution in [1.82, 2.24) is 0 Å². The van der Waals surface area contributed by atoms with Crippen LogP contribution in [-0.4, -0.2) is 25.8 Å². The van der Waals surface area contributed by atoms with Crippen molar-refractivity contribution in [1.29, 1.82) is 0 Å². The van der Waals surface area contributed by atoms with E-state index in [9.17, 15) is 4.79 Å². The Kier molecular flexibility index (Phi) is 6.31. The molecule has 0 spiro atoms. The summed E-state index contributed by atoms with van der Waals surface area (Å²) >= 11 is 0. The maximum atomic E-state index is 12.2. The number of benzene rings is 1. The molecular weight excluding hydrogens is 292 g/mol. The zero-order valence-corrected chi connectivity index (χ0v) is 14.6. The molecule has 0 aliphatic heterocycles. The number of methoxy groups -OCH3 is 1. The standard InChI is InChI=1S/C19H28O4/c1-13(2)15-10-9-14(3)11-18(15)23-19(20)12-22-17-8-6-5-7-16(17)21-4/h5-8,13-15,18H,9-12H2,1-4H3/t14-,15+,18-/m1/s1. The molecular formula is C19H28O4. The number of carbonyl (C=O) groups is 1. The number of hydrogen-bond acceptors (Lipinski definition) is 4. The van der Waals surface area contributed by atoms with E-state index < -0.39 is 0 Å². The van der Waals surface area contributed by atoms with E-state index in [1.807, 2.05) is 12.1 Å². The number of rotatable bonds is 6. The normalized spacial score (nSPS) is 24.3. The van der Waals surface area contributed by atoms with Gasteiger partial charge in [0.05, 0.1) is 7.11 Å². The highest BCUT2D eigenvalue weighted by Crippen LogP contribution is 2.35. The summed E-state index contributed by atoms with van der Waals surface area (Å²) in [5, 5.41) is 0. The van der Waals surface area contributed by atoms with Crippen LogP contribution in [-0.2, 0) is 9.53 Å². The van der Waals surface area contributed by atoms with Crippen LogP contribution in [0.25, 0.3) is 0 Å². The van der Waals surface area contributed by atoms with Gasteiger partial charge >= 0.3 is 5.97 Å². The Balaban J connectivity index is 1.90. The van der Waals surface area contributed by atoms with E-state index in [4.69, 9.17) is 14.2 Å². The van der Waals surface area contributed by atoms with Crippen LogP contribution < -0.4 is 9.47 Å². The predicted octanol–water partition coefficient (Wildman–Crippen LogP) is 4.08. The Hall–Kier alpha value is -1.71. The summed E-state index contributed by atoms with van der Waals surface area (Å²) in [4.78, 5) is 12.2. The van der Waals surface area contributed by atoms with Crippen LogP contribution >= 0.6 is 0 Å². The largest absolute Gasteiger partial charge is 0.493 e. The smallest absolute Gasteiger partial charge is 0.344 e. The topological polar surface area (TPSA) is 44.8 Å². The molecule has 2 rings (SSSR count). The summed E-state index contributed by atoms with van der Waals surface area (Å²) in [6.07, 6.45) is 3.30. The molecule has 0 aromatic heterocycles. The van der Waals surface area contributed by atoms with Gasteiger partial charge in [-0.3, -0.25) is 0 Å². The minimum Gasteiger partial charge on any atom is -0.493 e. The summed E-state index contributed by atoms with van der Waals surface area (Å²) in [6.45, 7) is 6.54. The highest BCUT2D eigenvalue weighted by molar-refractivity contribution is 5.71. The van der Waals surface area contributed by atoms with Gasteiger partial charge in [-0.05, 0) is 42.7 Å². The monoisotopic (exact) mass is 320 g/mol. The molecule has 1 fully saturated rings. The van der Waals surface area contributed by atoms with E-state index in [2.05, 4.69) is 20.8 Å². The molecule has 0 bridgehead atoms. The van der Waals surface area contributed by atoms with Crippen LogP contribution in [0, 0.1) is 17.8 Å². The third-order valence-electron chi connectivity index (χ3n) is 4.66. The molecule has 0 amide bonds. The van der Waals surface area contributed by atoms with Gasteiger partial charge in [0, 0.05) is 0 Å². The second-order valence-electron chi connectivity index (χ2n) is 6.79. The van der Waals surface area contributed by atoms with Gasteiger partial charge in [-0.1, -0.05) is 39.3 Å². The van der Waals surface area contributed by atoms with Crippen molar-refractivity contribution in [3.8, 4) is 11.5 Å². The first-order chi connectivity index (χ1) is 11.0. The fourth-order valence-electron chi connectivity index (χ4n) is 3.33. The van der Waals surface area contributed by atoms with Crippen molar-refractivity contribution in [2.45, 2.75) is 46.1 Å². The Labute approximate surface area is 139 Å². The molecule has 1 aromatic rings. The third-order valence-corrected chi connectivity index (χ3v) is 4.66. The lowest BCUT2D eigenvalue weighted by Gasteiger charge is -2.36. The van der Waals surface area contributed by atoms with Crippen molar-refractivity contribution < 1.29 is 19.0 Å². The van der Waals surface area contributed by atoms with Gasteiger partial charge in [-0.2, -0.15) is 0 Å². The van der Waals surface area contributed by atoms with Gasteiger partial charge in [0.1, 0.15) is 6.10 Å². The van der Waals surface area contributed by atoms with E-state index in [0.29, 0.717) is 29.3 Å². The Morgan fingerprint density at radius 3 is 2.57 bits per heavy atom. The molecule has 1 aliphatic rings. The third kappa shape index (κ3) is 4.88. The van der Waals surface area contributed by atoms with Gasteiger partial charge < -0.3 is 14.2 Å². The first-order valence-electron chi connectivity index (χ1n) is 8.46. The van der Waals surface area contributed by atoms with E-state index >= 15 is 0 Å². The number of para-hydroxylation sites is 2. The first kappa shape index (κ1) is 17.6. The number of hydrogen-bond donors (Lipinski definition) is 0. The minimum absolute atomic E-state index is 0.00696. The Morgan fingerprint density at radius 1 is 1.22 bits per heavy atom. The lowest BCUT2D eigenvalue weighted by molar-refractivity contribution is -0.158. The van der Waals surface area contributed by atoms with Crippen LogP contribution in [0.4, 0.5) is 0 Å². The molecule has 128 valence electrons. The lowest BCUT2D eigenvalue weighted by atomic mass is 9.75. The van der Waals surface area contributed by atoms with Crippen LogP contribution in [0.2, 0.25) is 0 Å². The fraction of sp³-hybridized carbons (Fsp3) is 0.632. The predicted molar refractivity (Wildman–Crippen MR) is 89.7 cm³/mol. The highest BCUT2D eigenvalue weighted by atomic mass is 16.6. The number of esters is 1. The van der Waals surface area contributed by atoms with E-state index in [1.165, 1.54) is 6.42 Å². The van der Waals surface area contributed by atoms with Crippen LogP contribution in [0.15, 0.2) is 24.3 Å². The highest BCUT2D eigenvalue weighted by Gasteiger charge is 2.33. The molecule has 1 saturated carbocycles.